The van der Waals surface area contributed by atoms with Gasteiger partial charge in [0, 0.05) is 32.3 Å². The van der Waals surface area contributed by atoms with Gasteiger partial charge in [-0.1, -0.05) is 50.8 Å². The van der Waals surface area contributed by atoms with Crippen molar-refractivity contribution in [3.8, 4) is 5.88 Å². The zero-order chi connectivity index (χ0) is 24.0. The molecule has 1 aliphatic rings. The Hall–Kier alpha value is -3.00. The number of carbonyl (C=O) groups excluding carboxylic acids is 1. The monoisotopic (exact) mass is 468 g/mol. The Balaban J connectivity index is 1.98. The van der Waals surface area contributed by atoms with Crippen molar-refractivity contribution in [2.24, 2.45) is 4.99 Å². The number of rotatable bonds is 10. The maximum atomic E-state index is 12.7. The Morgan fingerprint density at radius 1 is 1.24 bits per heavy atom. The van der Waals surface area contributed by atoms with Crippen LogP contribution in [0.1, 0.15) is 57.9 Å². The molecule has 0 atom stereocenters. The summed E-state index contributed by atoms with van der Waals surface area (Å²) in [6, 6.07) is 7.75. The van der Waals surface area contributed by atoms with Crippen molar-refractivity contribution in [1.29, 1.82) is 0 Å². The van der Waals surface area contributed by atoms with Crippen LogP contribution in [0.3, 0.4) is 0 Å². The third-order valence-electron chi connectivity index (χ3n) is 5.99. The number of aromatic hydroxyl groups is 1. The molecule has 2 N–H and O–H groups in total. The SMILES string of the molecule is CCCCCCCn1c(O)c(/C=C2\N=c3ccccc3=C2CCN(C)C(C)=O)c(=O)[nH]c1=S. The molecule has 0 radical (unpaired) electrons. The molecule has 1 amide bonds. The number of aromatic amines is 1. The van der Waals surface area contributed by atoms with Gasteiger partial charge in [0.25, 0.3) is 5.56 Å². The van der Waals surface area contributed by atoms with Crippen molar-refractivity contribution >= 4 is 29.8 Å². The summed E-state index contributed by atoms with van der Waals surface area (Å²) < 4.78 is 1.80. The molecule has 0 fully saturated rings. The van der Waals surface area contributed by atoms with Gasteiger partial charge in [-0.05, 0) is 42.8 Å². The quantitative estimate of drug-likeness (QED) is 0.414. The van der Waals surface area contributed by atoms with E-state index in [9.17, 15) is 14.7 Å². The Bertz CT molecular complexity index is 1290. The topological polar surface area (TPSA) is 90.7 Å². The predicted molar refractivity (Wildman–Crippen MR) is 133 cm³/mol. The number of nitrogens with zero attached hydrogens (tertiary/aromatic N) is 3. The van der Waals surface area contributed by atoms with Crippen molar-refractivity contribution in [3.63, 3.8) is 0 Å². The molecule has 0 saturated carbocycles. The van der Waals surface area contributed by atoms with Gasteiger partial charge in [0.2, 0.25) is 11.8 Å². The summed E-state index contributed by atoms with van der Waals surface area (Å²) >= 11 is 5.31. The predicted octanol–water partition coefficient (Wildman–Crippen LogP) is 3.28. The van der Waals surface area contributed by atoms with Gasteiger partial charge in [0.1, 0.15) is 5.56 Å². The van der Waals surface area contributed by atoms with Gasteiger partial charge < -0.3 is 10.0 Å². The zero-order valence-electron chi connectivity index (χ0n) is 19.6. The second-order valence-corrected chi connectivity index (χ2v) is 8.78. The summed E-state index contributed by atoms with van der Waals surface area (Å²) in [5.41, 5.74) is 1.24. The Morgan fingerprint density at radius 3 is 2.70 bits per heavy atom. The highest BCUT2D eigenvalue weighted by Crippen LogP contribution is 2.24. The lowest BCUT2D eigenvalue weighted by Gasteiger charge is -2.15. The summed E-state index contributed by atoms with van der Waals surface area (Å²) in [5.74, 6) is -0.155. The summed E-state index contributed by atoms with van der Waals surface area (Å²) in [6.07, 6.45) is 7.59. The smallest absolute Gasteiger partial charge is 0.262 e. The van der Waals surface area contributed by atoms with Crippen molar-refractivity contribution in [3.05, 3.63) is 61.2 Å². The lowest BCUT2D eigenvalue weighted by atomic mass is 10.1. The normalized spacial score (nSPS) is 13.8. The van der Waals surface area contributed by atoms with E-state index < -0.39 is 5.56 Å². The minimum atomic E-state index is -0.446. The van der Waals surface area contributed by atoms with Crippen LogP contribution in [0.4, 0.5) is 0 Å². The molecule has 176 valence electrons. The fourth-order valence-electron chi connectivity index (χ4n) is 3.90. The van der Waals surface area contributed by atoms with E-state index in [1.807, 2.05) is 24.3 Å². The molecule has 7 nitrogen and oxygen atoms in total. The number of unbranched alkanes of at least 4 members (excludes halogenated alkanes) is 4. The minimum absolute atomic E-state index is 0.0144. The average Bonchev–Trinajstić information content (AvgIpc) is 3.13. The van der Waals surface area contributed by atoms with Gasteiger partial charge >= 0.3 is 0 Å². The molecule has 1 aliphatic heterocycles. The zero-order valence-corrected chi connectivity index (χ0v) is 20.4. The lowest BCUT2D eigenvalue weighted by molar-refractivity contribution is -0.127. The molecule has 0 unspecified atom stereocenters. The summed E-state index contributed by atoms with van der Waals surface area (Å²) in [6.45, 7) is 4.76. The highest BCUT2D eigenvalue weighted by molar-refractivity contribution is 7.71. The minimum Gasteiger partial charge on any atom is -0.494 e. The number of H-pyrrole nitrogens is 1. The number of benzene rings is 1. The van der Waals surface area contributed by atoms with E-state index in [1.54, 1.807) is 22.6 Å². The average molecular weight is 469 g/mol. The molecular formula is C25H32N4O3S. The number of allylic oxidation sites excluding steroid dienone is 1. The second-order valence-electron chi connectivity index (χ2n) is 8.39. The number of nitrogens with one attached hydrogen (secondary N) is 1. The highest BCUT2D eigenvalue weighted by atomic mass is 32.1. The Kier molecular flexibility index (Phi) is 8.38. The van der Waals surface area contributed by atoms with Crippen LogP contribution in [0, 0.1) is 4.77 Å². The van der Waals surface area contributed by atoms with E-state index in [-0.39, 0.29) is 22.1 Å². The van der Waals surface area contributed by atoms with Gasteiger partial charge in [0.05, 0.1) is 11.1 Å². The first-order valence-corrected chi connectivity index (χ1v) is 11.9. The van der Waals surface area contributed by atoms with E-state index in [2.05, 4.69) is 11.9 Å². The third kappa shape index (κ3) is 5.87. The first-order chi connectivity index (χ1) is 15.8. The van der Waals surface area contributed by atoms with Crippen LogP contribution < -0.4 is 16.1 Å². The number of hydrogen-bond donors (Lipinski definition) is 2. The van der Waals surface area contributed by atoms with Crippen LogP contribution in [0.25, 0.3) is 11.6 Å². The largest absolute Gasteiger partial charge is 0.494 e. The summed E-state index contributed by atoms with van der Waals surface area (Å²) in [7, 11) is 1.76. The molecule has 0 bridgehead atoms. The van der Waals surface area contributed by atoms with E-state index in [0.29, 0.717) is 25.2 Å². The fourth-order valence-corrected chi connectivity index (χ4v) is 4.17. The number of aromatic nitrogens is 2. The number of para-hydroxylation sites is 1. The van der Waals surface area contributed by atoms with Crippen molar-refractivity contribution in [2.45, 2.75) is 58.9 Å². The Morgan fingerprint density at radius 2 is 1.97 bits per heavy atom. The van der Waals surface area contributed by atoms with Crippen LogP contribution in [0.15, 0.2) is 39.7 Å². The maximum absolute atomic E-state index is 12.7. The van der Waals surface area contributed by atoms with E-state index in [4.69, 9.17) is 17.2 Å². The molecule has 0 aliphatic carbocycles. The van der Waals surface area contributed by atoms with Crippen LogP contribution in [-0.2, 0) is 11.3 Å². The molecule has 2 heterocycles. The molecular weight excluding hydrogens is 436 g/mol. The molecule has 2 aromatic rings. The van der Waals surface area contributed by atoms with E-state index >= 15 is 0 Å². The van der Waals surface area contributed by atoms with Gasteiger partial charge in [-0.15, -0.1) is 0 Å². The second kappa shape index (κ2) is 11.2. The Labute approximate surface area is 198 Å². The van der Waals surface area contributed by atoms with Crippen molar-refractivity contribution in [1.82, 2.24) is 14.5 Å². The fraction of sp³-hybridized carbons (Fsp3) is 0.440. The molecule has 3 rings (SSSR count). The van der Waals surface area contributed by atoms with Crippen LogP contribution >= 0.6 is 12.2 Å². The maximum Gasteiger partial charge on any atom is 0.262 e. The van der Waals surface area contributed by atoms with Crippen molar-refractivity contribution in [2.75, 3.05) is 13.6 Å². The van der Waals surface area contributed by atoms with Gasteiger partial charge in [-0.3, -0.25) is 19.1 Å². The number of fused-ring (bicyclic) bond motifs is 1. The number of hydrogen-bond acceptors (Lipinski definition) is 5. The lowest BCUT2D eigenvalue weighted by Crippen LogP contribution is -2.27. The molecule has 8 heteroatoms. The highest BCUT2D eigenvalue weighted by Gasteiger charge is 2.18. The van der Waals surface area contributed by atoms with E-state index in [1.165, 1.54) is 13.3 Å². The third-order valence-corrected chi connectivity index (χ3v) is 6.31. The van der Waals surface area contributed by atoms with Crippen LogP contribution in [0.2, 0.25) is 0 Å². The molecule has 0 saturated heterocycles. The van der Waals surface area contributed by atoms with Gasteiger partial charge in [-0.25, -0.2) is 4.99 Å². The van der Waals surface area contributed by atoms with Crippen molar-refractivity contribution < 1.29 is 9.90 Å². The number of carbonyl (C=O) groups is 1. The van der Waals surface area contributed by atoms with Crippen LogP contribution in [0.5, 0.6) is 5.88 Å². The van der Waals surface area contributed by atoms with Gasteiger partial charge in [0.15, 0.2) is 4.77 Å². The summed E-state index contributed by atoms with van der Waals surface area (Å²) in [4.78, 5) is 33.4. The first-order valence-electron chi connectivity index (χ1n) is 11.5. The molecule has 33 heavy (non-hydrogen) atoms. The number of amides is 1. The van der Waals surface area contributed by atoms with Gasteiger partial charge in [-0.2, -0.15) is 0 Å². The van der Waals surface area contributed by atoms with Crippen LogP contribution in [-0.4, -0.2) is 39.1 Å². The summed E-state index contributed by atoms with van der Waals surface area (Å²) in [5, 5.41) is 12.7. The molecule has 1 aromatic heterocycles. The van der Waals surface area contributed by atoms with E-state index in [0.717, 1.165) is 41.8 Å². The first kappa shape index (κ1) is 24.6. The standard InChI is InChI=1S/C25H32N4O3S/c1-4-5-6-7-10-14-29-24(32)20(23(31)27-25(29)33)16-22-19(13-15-28(3)17(2)30)18-11-8-9-12-21(18)26-22/h8-9,11-12,16,32H,4-7,10,13-15H2,1-3H3,(H,27,31,33)/b22-16-. The molecule has 1 aromatic carbocycles. The molecule has 0 spiro atoms.